The second-order valence-electron chi connectivity index (χ2n) is 6.74. The van der Waals surface area contributed by atoms with E-state index in [0.29, 0.717) is 19.2 Å². The lowest BCUT2D eigenvalue weighted by atomic mass is 10.2. The van der Waals surface area contributed by atoms with E-state index in [-0.39, 0.29) is 0 Å². The van der Waals surface area contributed by atoms with Crippen LogP contribution in [0.3, 0.4) is 0 Å². The molecule has 0 saturated heterocycles. The topological polar surface area (TPSA) is 41.9 Å². The van der Waals surface area contributed by atoms with E-state index in [1.165, 1.54) is 18.4 Å². The highest BCUT2D eigenvalue weighted by atomic mass is 16.5. The maximum absolute atomic E-state index is 10.4. The highest BCUT2D eigenvalue weighted by Gasteiger charge is 2.30. The minimum absolute atomic E-state index is 0.312. The molecule has 3 rings (SSSR count). The van der Waals surface area contributed by atoms with Crippen molar-refractivity contribution in [3.8, 4) is 11.5 Å². The molecule has 2 aromatic rings. The van der Waals surface area contributed by atoms with Crippen LogP contribution < -0.4 is 9.47 Å². The minimum Gasteiger partial charge on any atom is -0.497 e. The highest BCUT2D eigenvalue weighted by molar-refractivity contribution is 5.31. The fourth-order valence-electron chi connectivity index (χ4n) is 3.02. The Labute approximate surface area is 150 Å². The maximum atomic E-state index is 10.4. The second kappa shape index (κ2) is 8.37. The zero-order valence-electron chi connectivity index (χ0n) is 15.0. The van der Waals surface area contributed by atoms with Crippen LogP contribution in [-0.2, 0) is 6.54 Å². The standard InChI is InChI=1S/C21H27NO3/c1-16-6-3-4-9-21(16)25-15-19(23)14-22(18-10-11-18)13-17-7-5-8-20(12-17)24-2/h3-9,12,18-19,23H,10-11,13-15H2,1-2H3/t19-/m0/s1. The first kappa shape index (κ1) is 17.8. The number of hydrogen-bond donors (Lipinski definition) is 1. The van der Waals surface area contributed by atoms with Crippen molar-refractivity contribution in [2.75, 3.05) is 20.3 Å². The molecular formula is C21H27NO3. The largest absolute Gasteiger partial charge is 0.497 e. The van der Waals surface area contributed by atoms with Crippen LogP contribution in [0.25, 0.3) is 0 Å². The molecule has 0 heterocycles. The number of rotatable bonds is 9. The molecule has 4 heteroatoms. The van der Waals surface area contributed by atoms with E-state index in [9.17, 15) is 5.11 Å². The Morgan fingerprint density at radius 2 is 1.96 bits per heavy atom. The number of para-hydroxylation sites is 1. The van der Waals surface area contributed by atoms with E-state index < -0.39 is 6.10 Å². The van der Waals surface area contributed by atoms with Crippen LogP contribution in [0, 0.1) is 6.92 Å². The summed E-state index contributed by atoms with van der Waals surface area (Å²) in [6.07, 6.45) is 1.90. The van der Waals surface area contributed by atoms with Gasteiger partial charge >= 0.3 is 0 Å². The van der Waals surface area contributed by atoms with E-state index in [4.69, 9.17) is 9.47 Å². The lowest BCUT2D eigenvalue weighted by Crippen LogP contribution is -2.36. The van der Waals surface area contributed by atoms with Crippen molar-refractivity contribution in [2.45, 2.75) is 38.5 Å². The number of benzene rings is 2. The summed E-state index contributed by atoms with van der Waals surface area (Å²) in [6.45, 7) is 3.77. The van der Waals surface area contributed by atoms with Crippen molar-refractivity contribution < 1.29 is 14.6 Å². The van der Waals surface area contributed by atoms with Gasteiger partial charge in [-0.1, -0.05) is 30.3 Å². The molecule has 1 atom stereocenters. The zero-order chi connectivity index (χ0) is 17.6. The monoisotopic (exact) mass is 341 g/mol. The number of aryl methyl sites for hydroxylation is 1. The zero-order valence-corrected chi connectivity index (χ0v) is 15.0. The molecule has 1 saturated carbocycles. The number of aliphatic hydroxyl groups is 1. The van der Waals surface area contributed by atoms with Crippen molar-refractivity contribution >= 4 is 0 Å². The summed E-state index contributed by atoms with van der Waals surface area (Å²) in [5.41, 5.74) is 2.29. The molecule has 0 aliphatic heterocycles. The van der Waals surface area contributed by atoms with Gasteiger partial charge in [0.1, 0.15) is 24.2 Å². The average molecular weight is 341 g/mol. The van der Waals surface area contributed by atoms with Crippen LogP contribution in [0.15, 0.2) is 48.5 Å². The van der Waals surface area contributed by atoms with Gasteiger partial charge < -0.3 is 14.6 Å². The smallest absolute Gasteiger partial charge is 0.122 e. The lowest BCUT2D eigenvalue weighted by Gasteiger charge is -2.25. The van der Waals surface area contributed by atoms with E-state index in [0.717, 1.165) is 23.6 Å². The normalized spacial score (nSPS) is 15.2. The molecule has 1 fully saturated rings. The quantitative estimate of drug-likeness (QED) is 0.759. The Bertz CT molecular complexity index is 684. The maximum Gasteiger partial charge on any atom is 0.122 e. The average Bonchev–Trinajstić information content (AvgIpc) is 3.46. The summed E-state index contributed by atoms with van der Waals surface area (Å²) in [6, 6.07) is 16.6. The molecule has 134 valence electrons. The van der Waals surface area contributed by atoms with E-state index in [1.54, 1.807) is 7.11 Å². The van der Waals surface area contributed by atoms with Gasteiger partial charge in [-0.25, -0.2) is 0 Å². The van der Waals surface area contributed by atoms with Crippen molar-refractivity contribution in [2.24, 2.45) is 0 Å². The third-order valence-electron chi connectivity index (χ3n) is 4.55. The van der Waals surface area contributed by atoms with Crippen molar-refractivity contribution in [3.63, 3.8) is 0 Å². The van der Waals surface area contributed by atoms with Gasteiger partial charge in [0.25, 0.3) is 0 Å². The van der Waals surface area contributed by atoms with Crippen LogP contribution in [0.4, 0.5) is 0 Å². The fraction of sp³-hybridized carbons (Fsp3) is 0.429. The third-order valence-corrected chi connectivity index (χ3v) is 4.55. The van der Waals surface area contributed by atoms with Gasteiger partial charge in [-0.15, -0.1) is 0 Å². The first-order chi connectivity index (χ1) is 12.2. The van der Waals surface area contributed by atoms with Crippen LogP contribution in [-0.4, -0.2) is 42.4 Å². The second-order valence-corrected chi connectivity index (χ2v) is 6.74. The van der Waals surface area contributed by atoms with E-state index in [2.05, 4.69) is 17.0 Å². The Morgan fingerprint density at radius 3 is 2.68 bits per heavy atom. The SMILES string of the molecule is COc1cccc(CN(C[C@H](O)COc2ccccc2C)C2CC2)c1. The number of methoxy groups -OCH3 is 1. The van der Waals surface area contributed by atoms with Gasteiger partial charge in [-0.05, 0) is 49.1 Å². The molecule has 1 N–H and O–H groups in total. The van der Waals surface area contributed by atoms with Crippen LogP contribution in [0.2, 0.25) is 0 Å². The molecule has 1 aliphatic rings. The van der Waals surface area contributed by atoms with Gasteiger partial charge in [-0.3, -0.25) is 4.90 Å². The fourth-order valence-corrected chi connectivity index (χ4v) is 3.02. The number of hydrogen-bond acceptors (Lipinski definition) is 4. The molecule has 0 spiro atoms. The molecule has 0 amide bonds. The first-order valence-electron chi connectivity index (χ1n) is 8.89. The molecule has 0 unspecified atom stereocenters. The Kier molecular flexibility index (Phi) is 5.95. The van der Waals surface area contributed by atoms with E-state index in [1.807, 2.05) is 43.3 Å². The molecule has 2 aromatic carbocycles. The highest BCUT2D eigenvalue weighted by Crippen LogP contribution is 2.29. The number of ether oxygens (including phenoxy) is 2. The van der Waals surface area contributed by atoms with Crippen LogP contribution in [0.5, 0.6) is 11.5 Å². The van der Waals surface area contributed by atoms with E-state index >= 15 is 0 Å². The van der Waals surface area contributed by atoms with Gasteiger partial charge in [0.05, 0.1) is 7.11 Å². The number of aliphatic hydroxyl groups excluding tert-OH is 1. The van der Waals surface area contributed by atoms with Gasteiger partial charge in [-0.2, -0.15) is 0 Å². The predicted octanol–water partition coefficient (Wildman–Crippen LogP) is 3.41. The van der Waals surface area contributed by atoms with Gasteiger partial charge in [0.15, 0.2) is 0 Å². The van der Waals surface area contributed by atoms with Crippen molar-refractivity contribution in [3.05, 3.63) is 59.7 Å². The Balaban J connectivity index is 1.55. The van der Waals surface area contributed by atoms with Gasteiger partial charge in [0.2, 0.25) is 0 Å². The Morgan fingerprint density at radius 1 is 1.16 bits per heavy atom. The summed E-state index contributed by atoms with van der Waals surface area (Å²) >= 11 is 0. The van der Waals surface area contributed by atoms with Crippen LogP contribution >= 0.6 is 0 Å². The van der Waals surface area contributed by atoms with Crippen molar-refractivity contribution in [1.29, 1.82) is 0 Å². The minimum atomic E-state index is -0.509. The summed E-state index contributed by atoms with van der Waals surface area (Å²) in [4.78, 5) is 2.35. The lowest BCUT2D eigenvalue weighted by molar-refractivity contribution is 0.0624. The van der Waals surface area contributed by atoms with Crippen LogP contribution in [0.1, 0.15) is 24.0 Å². The summed E-state index contributed by atoms with van der Waals surface area (Å²) in [5, 5.41) is 10.4. The molecule has 4 nitrogen and oxygen atoms in total. The van der Waals surface area contributed by atoms with Gasteiger partial charge in [0, 0.05) is 19.1 Å². The molecular weight excluding hydrogens is 314 g/mol. The third kappa shape index (κ3) is 5.21. The molecule has 0 radical (unpaired) electrons. The Hall–Kier alpha value is -2.04. The molecule has 1 aliphatic carbocycles. The van der Waals surface area contributed by atoms with Crippen molar-refractivity contribution in [1.82, 2.24) is 4.90 Å². The summed E-state index contributed by atoms with van der Waals surface area (Å²) in [7, 11) is 1.68. The molecule has 25 heavy (non-hydrogen) atoms. The predicted molar refractivity (Wildman–Crippen MR) is 99.1 cm³/mol. The number of nitrogens with zero attached hydrogens (tertiary/aromatic N) is 1. The molecule has 0 bridgehead atoms. The first-order valence-corrected chi connectivity index (χ1v) is 8.89. The summed E-state index contributed by atoms with van der Waals surface area (Å²) in [5.74, 6) is 1.71. The summed E-state index contributed by atoms with van der Waals surface area (Å²) < 4.78 is 11.1. The molecule has 0 aromatic heterocycles.